The molecule has 0 aliphatic heterocycles. The Balaban J connectivity index is 2.73. The molecule has 0 heterocycles. The van der Waals surface area contributed by atoms with Crippen LogP contribution in [0.4, 0.5) is 5.69 Å². The van der Waals surface area contributed by atoms with Crippen molar-refractivity contribution in [3.63, 3.8) is 0 Å². The van der Waals surface area contributed by atoms with E-state index in [-0.39, 0.29) is 16.8 Å². The lowest BCUT2D eigenvalue weighted by molar-refractivity contribution is 0.0650. The van der Waals surface area contributed by atoms with E-state index in [9.17, 15) is 19.5 Å². The summed E-state index contributed by atoms with van der Waals surface area (Å²) in [5.41, 5.74) is 4.45. The smallest absolute Gasteiger partial charge is 0.337 e. The highest BCUT2D eigenvalue weighted by Gasteiger charge is 2.26. The second-order valence-electron chi connectivity index (χ2n) is 4.26. The minimum Gasteiger partial charge on any atom is -0.478 e. The molecule has 0 aliphatic rings. The number of rotatable bonds is 4. The van der Waals surface area contributed by atoms with E-state index in [1.165, 1.54) is 18.2 Å². The van der Waals surface area contributed by atoms with E-state index in [1.807, 2.05) is 0 Å². The van der Waals surface area contributed by atoms with Gasteiger partial charge in [0.2, 0.25) is 0 Å². The van der Waals surface area contributed by atoms with Gasteiger partial charge < -0.3 is 15.9 Å². The molecule has 6 nitrogen and oxygen atoms in total. The van der Waals surface area contributed by atoms with Crippen molar-refractivity contribution < 1.29 is 24.6 Å². The van der Waals surface area contributed by atoms with Crippen LogP contribution < -0.4 is 5.73 Å². The van der Waals surface area contributed by atoms with Crippen LogP contribution in [0.15, 0.2) is 42.5 Å². The van der Waals surface area contributed by atoms with Crippen molar-refractivity contribution >= 4 is 23.4 Å². The zero-order valence-electron chi connectivity index (χ0n) is 10.7. The van der Waals surface area contributed by atoms with Crippen LogP contribution in [0.1, 0.15) is 36.6 Å². The average Bonchev–Trinajstić information content (AvgIpc) is 2.46. The molecule has 21 heavy (non-hydrogen) atoms. The molecule has 0 aromatic heterocycles. The van der Waals surface area contributed by atoms with Gasteiger partial charge in [-0.05, 0) is 12.1 Å². The van der Waals surface area contributed by atoms with Gasteiger partial charge in [-0.3, -0.25) is 4.79 Å². The molecular weight excluding hydrogens is 274 g/mol. The molecule has 2 aromatic rings. The van der Waals surface area contributed by atoms with E-state index in [1.54, 1.807) is 18.2 Å². The Morgan fingerprint density at radius 1 is 0.810 bits per heavy atom. The van der Waals surface area contributed by atoms with Crippen molar-refractivity contribution in [2.24, 2.45) is 0 Å². The first-order valence-electron chi connectivity index (χ1n) is 5.92. The molecule has 0 unspecified atom stereocenters. The first-order chi connectivity index (χ1) is 9.93. The van der Waals surface area contributed by atoms with Gasteiger partial charge >= 0.3 is 11.9 Å². The number of hydrogen-bond donors (Lipinski definition) is 3. The molecule has 0 saturated carbocycles. The summed E-state index contributed by atoms with van der Waals surface area (Å²) in [7, 11) is 0. The SMILES string of the molecule is Nc1ccc(C(=O)O)c(C(=O)O)c1C(=O)c1ccccc1. The van der Waals surface area contributed by atoms with Gasteiger partial charge in [-0.15, -0.1) is 0 Å². The maximum absolute atomic E-state index is 12.4. The number of carbonyl (C=O) groups excluding carboxylic acids is 1. The number of anilines is 1. The minimum absolute atomic E-state index is 0.0775. The first kappa shape index (κ1) is 14.3. The summed E-state index contributed by atoms with van der Waals surface area (Å²) in [6, 6.07) is 10.2. The van der Waals surface area contributed by atoms with E-state index >= 15 is 0 Å². The lowest BCUT2D eigenvalue weighted by Crippen LogP contribution is -2.17. The van der Waals surface area contributed by atoms with E-state index < -0.39 is 28.8 Å². The molecule has 6 heteroatoms. The summed E-state index contributed by atoms with van der Waals surface area (Å²) in [6.45, 7) is 0. The van der Waals surface area contributed by atoms with Gasteiger partial charge in [0.25, 0.3) is 0 Å². The largest absolute Gasteiger partial charge is 0.478 e. The molecule has 0 spiro atoms. The summed E-state index contributed by atoms with van der Waals surface area (Å²) in [6.07, 6.45) is 0. The topological polar surface area (TPSA) is 118 Å². The molecular formula is C15H11NO5. The van der Waals surface area contributed by atoms with Crippen LogP contribution in [0, 0.1) is 0 Å². The van der Waals surface area contributed by atoms with Gasteiger partial charge in [-0.1, -0.05) is 30.3 Å². The van der Waals surface area contributed by atoms with Crippen molar-refractivity contribution in [1.82, 2.24) is 0 Å². The fraction of sp³-hybridized carbons (Fsp3) is 0. The number of carboxylic acids is 2. The Kier molecular flexibility index (Phi) is 3.71. The van der Waals surface area contributed by atoms with Crippen molar-refractivity contribution in [1.29, 1.82) is 0 Å². The molecule has 106 valence electrons. The second kappa shape index (κ2) is 5.46. The molecule has 0 fully saturated rings. The predicted molar refractivity (Wildman–Crippen MR) is 74.6 cm³/mol. The maximum Gasteiger partial charge on any atom is 0.337 e. The van der Waals surface area contributed by atoms with Crippen LogP contribution in [0.2, 0.25) is 0 Å². The summed E-state index contributed by atoms with van der Waals surface area (Å²) >= 11 is 0. The number of nitrogen functional groups attached to an aromatic ring is 1. The Morgan fingerprint density at radius 3 is 1.95 bits per heavy atom. The van der Waals surface area contributed by atoms with E-state index in [0.29, 0.717) is 0 Å². The number of carboxylic acid groups (broad SMARTS) is 2. The number of aromatic carboxylic acids is 2. The van der Waals surface area contributed by atoms with Crippen molar-refractivity contribution in [2.75, 3.05) is 5.73 Å². The van der Waals surface area contributed by atoms with E-state index in [0.717, 1.165) is 6.07 Å². The predicted octanol–water partition coefficient (Wildman–Crippen LogP) is 1.90. The number of ketones is 1. The minimum atomic E-state index is -1.51. The Morgan fingerprint density at radius 2 is 1.43 bits per heavy atom. The average molecular weight is 285 g/mol. The fourth-order valence-corrected chi connectivity index (χ4v) is 2.00. The molecule has 0 radical (unpaired) electrons. The van der Waals surface area contributed by atoms with Gasteiger partial charge in [-0.2, -0.15) is 0 Å². The number of nitrogens with two attached hydrogens (primary N) is 1. The Labute approximate surface area is 119 Å². The molecule has 0 atom stereocenters. The number of benzene rings is 2. The van der Waals surface area contributed by atoms with Gasteiger partial charge in [0.15, 0.2) is 5.78 Å². The third-order valence-electron chi connectivity index (χ3n) is 2.94. The Bertz CT molecular complexity index is 737. The molecule has 0 bridgehead atoms. The van der Waals surface area contributed by atoms with Crippen LogP contribution in [-0.2, 0) is 0 Å². The standard InChI is InChI=1S/C15H11NO5/c16-10-7-6-9(14(18)19)11(15(20)21)12(10)13(17)8-4-2-1-3-5-8/h1-7H,16H2,(H,18,19)(H,20,21). The zero-order chi connectivity index (χ0) is 15.6. The van der Waals surface area contributed by atoms with Crippen molar-refractivity contribution in [3.05, 3.63) is 64.7 Å². The quantitative estimate of drug-likeness (QED) is 0.583. The molecule has 0 amide bonds. The monoisotopic (exact) mass is 285 g/mol. The molecule has 2 aromatic carbocycles. The van der Waals surface area contributed by atoms with Crippen LogP contribution in [0.3, 0.4) is 0 Å². The van der Waals surface area contributed by atoms with Gasteiger partial charge in [-0.25, -0.2) is 9.59 Å². The van der Waals surface area contributed by atoms with Gasteiger partial charge in [0, 0.05) is 11.3 Å². The second-order valence-corrected chi connectivity index (χ2v) is 4.26. The zero-order valence-corrected chi connectivity index (χ0v) is 10.7. The molecule has 4 N–H and O–H groups in total. The maximum atomic E-state index is 12.4. The molecule has 2 rings (SSSR count). The van der Waals surface area contributed by atoms with Gasteiger partial charge in [0.05, 0.1) is 16.7 Å². The molecule has 0 saturated heterocycles. The summed E-state index contributed by atoms with van der Waals surface area (Å²) in [4.78, 5) is 34.9. The Hall–Kier alpha value is -3.15. The number of carbonyl (C=O) groups is 3. The van der Waals surface area contributed by atoms with Gasteiger partial charge in [0.1, 0.15) is 0 Å². The summed E-state index contributed by atoms with van der Waals surface area (Å²) in [5.74, 6) is -3.58. The summed E-state index contributed by atoms with van der Waals surface area (Å²) < 4.78 is 0. The van der Waals surface area contributed by atoms with Crippen molar-refractivity contribution in [2.45, 2.75) is 0 Å². The molecule has 0 aliphatic carbocycles. The van der Waals surface area contributed by atoms with Crippen LogP contribution in [0.5, 0.6) is 0 Å². The first-order valence-corrected chi connectivity index (χ1v) is 5.92. The fourth-order valence-electron chi connectivity index (χ4n) is 2.00. The highest BCUT2D eigenvalue weighted by molar-refractivity contribution is 6.19. The highest BCUT2D eigenvalue weighted by Crippen LogP contribution is 2.25. The van der Waals surface area contributed by atoms with Crippen molar-refractivity contribution in [3.8, 4) is 0 Å². The summed E-state index contributed by atoms with van der Waals surface area (Å²) in [5, 5.41) is 18.3. The number of hydrogen-bond acceptors (Lipinski definition) is 4. The van der Waals surface area contributed by atoms with E-state index in [4.69, 9.17) is 10.8 Å². The lowest BCUT2D eigenvalue weighted by Gasteiger charge is -2.11. The lowest BCUT2D eigenvalue weighted by atomic mass is 9.93. The van der Waals surface area contributed by atoms with Crippen LogP contribution in [0.25, 0.3) is 0 Å². The third kappa shape index (κ3) is 2.59. The van der Waals surface area contributed by atoms with E-state index in [2.05, 4.69) is 0 Å². The third-order valence-corrected chi connectivity index (χ3v) is 2.94. The van der Waals surface area contributed by atoms with Crippen LogP contribution in [-0.4, -0.2) is 27.9 Å². The normalized spacial score (nSPS) is 10.1. The highest BCUT2D eigenvalue weighted by atomic mass is 16.4. The van der Waals surface area contributed by atoms with Crippen LogP contribution >= 0.6 is 0 Å².